The Morgan fingerprint density at radius 1 is 1.17 bits per heavy atom. The number of rotatable bonds is 10. The summed E-state index contributed by atoms with van der Waals surface area (Å²) in [5.74, 6) is 0.907. The molecule has 0 fully saturated rings. The number of hydrogen-bond acceptors (Lipinski definition) is 6. The highest BCUT2D eigenvalue weighted by molar-refractivity contribution is 7.19. The van der Waals surface area contributed by atoms with Crippen molar-refractivity contribution >= 4 is 50.7 Å². The van der Waals surface area contributed by atoms with E-state index in [4.69, 9.17) is 26.8 Å². The normalized spacial score (nSPS) is 12.4. The van der Waals surface area contributed by atoms with E-state index in [0.717, 1.165) is 23.5 Å². The lowest BCUT2D eigenvalue weighted by atomic mass is 9.94. The molecule has 3 aromatic rings. The molecule has 2 atom stereocenters. The predicted molar refractivity (Wildman–Crippen MR) is 149 cm³/mol. The molecule has 0 saturated carbocycles. The van der Waals surface area contributed by atoms with E-state index >= 15 is 0 Å². The summed E-state index contributed by atoms with van der Waals surface area (Å²) in [6.45, 7) is 9.61. The van der Waals surface area contributed by atoms with Gasteiger partial charge in [0.1, 0.15) is 11.3 Å². The number of halogens is 1. The Labute approximate surface area is 222 Å². The van der Waals surface area contributed by atoms with Gasteiger partial charge in [-0.15, -0.1) is 11.3 Å². The Hall–Kier alpha value is -2.68. The van der Waals surface area contributed by atoms with E-state index in [1.807, 2.05) is 6.92 Å². The number of nitrogens with one attached hydrogen (secondary N) is 1. The maximum absolute atomic E-state index is 12.9. The zero-order valence-electron chi connectivity index (χ0n) is 21.8. The van der Waals surface area contributed by atoms with Crippen LogP contribution in [0.1, 0.15) is 65.8 Å². The number of nitrogens with zero attached hydrogens (tertiary/aromatic N) is 1. The molecule has 2 amide bonds. The highest BCUT2D eigenvalue weighted by atomic mass is 35.5. The first-order valence-corrected chi connectivity index (χ1v) is 13.1. The molecule has 0 spiro atoms. The van der Waals surface area contributed by atoms with Crippen LogP contribution in [0.15, 0.2) is 30.3 Å². The smallest absolute Gasteiger partial charge is 0.260 e. The summed E-state index contributed by atoms with van der Waals surface area (Å²) in [5, 5.41) is 3.91. The number of carbonyl (C=O) groups is 2. The van der Waals surface area contributed by atoms with Gasteiger partial charge in [0.2, 0.25) is 0 Å². The molecule has 0 aliphatic heterocycles. The molecule has 0 aliphatic rings. The van der Waals surface area contributed by atoms with E-state index in [9.17, 15) is 9.59 Å². The van der Waals surface area contributed by atoms with Crippen LogP contribution in [-0.2, 0) is 4.74 Å². The number of primary amides is 1. The van der Waals surface area contributed by atoms with Gasteiger partial charge in [0.05, 0.1) is 33.6 Å². The molecule has 9 heteroatoms. The molecule has 1 heterocycles. The Morgan fingerprint density at radius 2 is 1.89 bits per heavy atom. The summed E-state index contributed by atoms with van der Waals surface area (Å²) in [5.41, 5.74) is 6.83. The number of thiazole rings is 1. The van der Waals surface area contributed by atoms with Crippen molar-refractivity contribution in [1.29, 1.82) is 0 Å². The molecule has 2 aromatic carbocycles. The zero-order chi connectivity index (χ0) is 26.8. The second-order valence-corrected chi connectivity index (χ2v) is 10.6. The van der Waals surface area contributed by atoms with Crippen molar-refractivity contribution in [2.75, 3.05) is 26.1 Å². The molecular formula is C27H36ClN3O4S. The van der Waals surface area contributed by atoms with Crippen LogP contribution in [0, 0.1) is 18.8 Å². The number of nitrogens with two attached hydrogens (primary N) is 1. The summed E-state index contributed by atoms with van der Waals surface area (Å²) in [6.07, 6.45) is 3.97. The molecule has 3 rings (SSSR count). The number of benzene rings is 2. The van der Waals surface area contributed by atoms with Crippen LogP contribution in [0.4, 0.5) is 5.69 Å². The zero-order valence-corrected chi connectivity index (χ0v) is 23.4. The Balaban J connectivity index is 0.000000352. The van der Waals surface area contributed by atoms with Crippen molar-refractivity contribution in [3.8, 4) is 5.75 Å². The highest BCUT2D eigenvalue weighted by Crippen LogP contribution is 2.33. The van der Waals surface area contributed by atoms with Crippen molar-refractivity contribution in [3.63, 3.8) is 0 Å². The Bertz CT molecular complexity index is 1170. The summed E-state index contributed by atoms with van der Waals surface area (Å²) in [4.78, 5) is 28.9. The topological polar surface area (TPSA) is 104 Å². The van der Waals surface area contributed by atoms with Crippen molar-refractivity contribution in [3.05, 3.63) is 51.5 Å². The Morgan fingerprint density at radius 3 is 2.50 bits per heavy atom. The quantitative estimate of drug-likeness (QED) is 0.301. The van der Waals surface area contributed by atoms with Gasteiger partial charge >= 0.3 is 0 Å². The largest absolute Gasteiger partial charge is 0.496 e. The average Bonchev–Trinajstić information content (AvgIpc) is 3.18. The van der Waals surface area contributed by atoms with Gasteiger partial charge in [-0.2, -0.15) is 0 Å². The van der Waals surface area contributed by atoms with Crippen LogP contribution < -0.4 is 15.8 Å². The van der Waals surface area contributed by atoms with Crippen LogP contribution in [-0.4, -0.2) is 37.6 Å². The van der Waals surface area contributed by atoms with Gasteiger partial charge in [-0.1, -0.05) is 45.2 Å². The third-order valence-corrected chi connectivity index (χ3v) is 6.85. The van der Waals surface area contributed by atoms with Gasteiger partial charge in [-0.25, -0.2) is 4.98 Å². The minimum Gasteiger partial charge on any atom is -0.496 e. The monoisotopic (exact) mass is 533 g/mol. The van der Waals surface area contributed by atoms with Crippen molar-refractivity contribution in [2.45, 2.75) is 47.0 Å². The minimum atomic E-state index is -0.661. The van der Waals surface area contributed by atoms with E-state index in [1.54, 1.807) is 19.2 Å². The molecule has 196 valence electrons. The first-order valence-electron chi connectivity index (χ1n) is 11.9. The second-order valence-electron chi connectivity index (χ2n) is 8.92. The molecule has 0 bridgehead atoms. The number of anilines is 1. The number of aromatic nitrogens is 1. The lowest BCUT2D eigenvalue weighted by Gasteiger charge is -2.15. The highest BCUT2D eigenvalue weighted by Gasteiger charge is 2.21. The van der Waals surface area contributed by atoms with Gasteiger partial charge in [0.25, 0.3) is 11.8 Å². The fraction of sp³-hybridized carbons (Fsp3) is 0.444. The molecule has 0 saturated heterocycles. The number of carbonyl (C=O) groups excluding carboxylic acids is 2. The molecule has 36 heavy (non-hydrogen) atoms. The lowest BCUT2D eigenvalue weighted by molar-refractivity contribution is 0.100. The van der Waals surface area contributed by atoms with Gasteiger partial charge in [0.15, 0.2) is 0 Å². The van der Waals surface area contributed by atoms with Crippen molar-refractivity contribution in [1.82, 2.24) is 4.98 Å². The van der Waals surface area contributed by atoms with Crippen LogP contribution in [0.5, 0.6) is 5.75 Å². The van der Waals surface area contributed by atoms with E-state index in [-0.39, 0.29) is 11.3 Å². The van der Waals surface area contributed by atoms with E-state index in [0.29, 0.717) is 26.6 Å². The standard InChI is InChI=1S/C17H14ClN3O3S.C10H22O/c1-8-20-11-5-6-13(24-2)14(15(11)25-8)17(23)21-12-7-9(18)3-4-10(12)16(19)22;1-5-6-9(2)7-10(3)8-11-4/h3-7H,1-2H3,(H2,19,22)(H,21,23);9-10H,5-8H2,1-4H3. The number of ether oxygens (including phenoxy) is 2. The molecule has 1 aromatic heterocycles. The number of fused-ring (bicyclic) bond motifs is 1. The SMILES string of the molecule is CCCC(C)CC(C)COC.COc1ccc2nc(C)sc2c1C(=O)Nc1cc(Cl)ccc1C(N)=O. The van der Waals surface area contributed by atoms with E-state index in [1.165, 1.54) is 55.9 Å². The molecule has 3 N–H and O–H groups in total. The van der Waals surface area contributed by atoms with Crippen LogP contribution in [0.2, 0.25) is 5.02 Å². The van der Waals surface area contributed by atoms with E-state index < -0.39 is 11.8 Å². The molecule has 7 nitrogen and oxygen atoms in total. The third kappa shape index (κ3) is 8.18. The second kappa shape index (κ2) is 14.2. The summed E-state index contributed by atoms with van der Waals surface area (Å²) < 4.78 is 11.1. The molecular weight excluding hydrogens is 498 g/mol. The summed E-state index contributed by atoms with van der Waals surface area (Å²) in [7, 11) is 3.26. The number of hydrogen-bond donors (Lipinski definition) is 2. The van der Waals surface area contributed by atoms with Crippen LogP contribution in [0.3, 0.4) is 0 Å². The predicted octanol–water partition coefficient (Wildman–Crippen LogP) is 6.71. The van der Waals surface area contributed by atoms with Gasteiger partial charge in [-0.05, 0) is 55.5 Å². The fourth-order valence-electron chi connectivity index (χ4n) is 4.14. The number of methoxy groups -OCH3 is 2. The van der Waals surface area contributed by atoms with Gasteiger partial charge in [0, 0.05) is 18.7 Å². The summed E-state index contributed by atoms with van der Waals surface area (Å²) >= 11 is 7.36. The summed E-state index contributed by atoms with van der Waals surface area (Å²) in [6, 6.07) is 7.95. The number of amides is 2. The third-order valence-electron chi connectivity index (χ3n) is 5.61. The average molecular weight is 534 g/mol. The Kier molecular flexibility index (Phi) is 11.6. The van der Waals surface area contributed by atoms with Gasteiger partial charge < -0.3 is 20.5 Å². The maximum Gasteiger partial charge on any atom is 0.260 e. The first-order chi connectivity index (χ1) is 17.1. The maximum atomic E-state index is 12.9. The first kappa shape index (κ1) is 29.5. The van der Waals surface area contributed by atoms with E-state index in [2.05, 4.69) is 31.1 Å². The van der Waals surface area contributed by atoms with Crippen molar-refractivity contribution < 1.29 is 19.1 Å². The molecule has 2 unspecified atom stereocenters. The van der Waals surface area contributed by atoms with Crippen LogP contribution >= 0.6 is 22.9 Å². The fourth-order valence-corrected chi connectivity index (χ4v) is 5.27. The molecule has 0 radical (unpaired) electrons. The minimum absolute atomic E-state index is 0.171. The molecule has 0 aliphatic carbocycles. The van der Waals surface area contributed by atoms with Crippen LogP contribution in [0.25, 0.3) is 10.2 Å². The van der Waals surface area contributed by atoms with Crippen molar-refractivity contribution in [2.24, 2.45) is 17.6 Å². The number of aryl methyl sites for hydroxylation is 1. The lowest BCUT2D eigenvalue weighted by Crippen LogP contribution is -2.19. The van der Waals surface area contributed by atoms with Gasteiger partial charge in [-0.3, -0.25) is 9.59 Å².